The molecule has 0 aliphatic heterocycles. The lowest BCUT2D eigenvalue weighted by atomic mass is 10.2. The van der Waals surface area contributed by atoms with Crippen LogP contribution in [0, 0.1) is 13.8 Å². The van der Waals surface area contributed by atoms with Gasteiger partial charge in [-0.1, -0.05) is 0 Å². The van der Waals surface area contributed by atoms with Crippen molar-refractivity contribution in [2.45, 2.75) is 18.7 Å². The van der Waals surface area contributed by atoms with E-state index in [1.807, 2.05) is 36.0 Å². The highest BCUT2D eigenvalue weighted by atomic mass is 32.2. The minimum atomic E-state index is -3.64. The first-order valence-corrected chi connectivity index (χ1v) is 7.96. The van der Waals surface area contributed by atoms with Crippen LogP contribution in [0.25, 0.3) is 10.9 Å². The molecule has 0 bridgehead atoms. The molecule has 21 heavy (non-hydrogen) atoms. The second-order valence-corrected chi connectivity index (χ2v) is 6.69. The number of aryl methyl sites for hydroxylation is 3. The van der Waals surface area contributed by atoms with Crippen LogP contribution < -0.4 is 4.72 Å². The van der Waals surface area contributed by atoms with Crippen molar-refractivity contribution in [2.24, 2.45) is 7.05 Å². The highest BCUT2D eigenvalue weighted by Crippen LogP contribution is 2.24. The number of hydrogen-bond acceptors (Lipinski definition) is 3. The zero-order chi connectivity index (χ0) is 15.2. The van der Waals surface area contributed by atoms with Crippen LogP contribution in [0.1, 0.15) is 11.4 Å². The van der Waals surface area contributed by atoms with Gasteiger partial charge in [0.05, 0.1) is 11.4 Å². The number of rotatable bonds is 3. The molecule has 0 aliphatic carbocycles. The molecule has 2 heterocycles. The summed E-state index contributed by atoms with van der Waals surface area (Å²) in [5, 5.41) is 7.60. The third-order valence-electron chi connectivity index (χ3n) is 3.47. The highest BCUT2D eigenvalue weighted by Gasteiger charge is 2.22. The average Bonchev–Trinajstić information content (AvgIpc) is 2.93. The first-order valence-electron chi connectivity index (χ1n) is 6.48. The van der Waals surface area contributed by atoms with Gasteiger partial charge in [0.2, 0.25) is 0 Å². The molecule has 0 atom stereocenters. The van der Waals surface area contributed by atoms with Crippen LogP contribution >= 0.6 is 0 Å². The molecule has 0 amide bonds. The maximum atomic E-state index is 12.5. The molecule has 6 nitrogen and oxygen atoms in total. The first kappa shape index (κ1) is 13.7. The number of benzene rings is 1. The Morgan fingerprint density at radius 2 is 2.00 bits per heavy atom. The van der Waals surface area contributed by atoms with E-state index in [0.29, 0.717) is 17.1 Å². The summed E-state index contributed by atoms with van der Waals surface area (Å²) >= 11 is 0. The number of nitrogens with zero attached hydrogens (tertiary/aromatic N) is 2. The van der Waals surface area contributed by atoms with E-state index in [9.17, 15) is 8.42 Å². The molecule has 1 aromatic carbocycles. The summed E-state index contributed by atoms with van der Waals surface area (Å²) in [5.74, 6) is 0. The van der Waals surface area contributed by atoms with Gasteiger partial charge in [-0.3, -0.25) is 9.82 Å². The van der Waals surface area contributed by atoms with Gasteiger partial charge < -0.3 is 4.57 Å². The van der Waals surface area contributed by atoms with Crippen LogP contribution in [0.2, 0.25) is 0 Å². The quantitative estimate of drug-likeness (QED) is 0.779. The largest absolute Gasteiger partial charge is 0.351 e. The van der Waals surface area contributed by atoms with Crippen LogP contribution in [0.5, 0.6) is 0 Å². The molecule has 0 fully saturated rings. The maximum absolute atomic E-state index is 12.5. The van der Waals surface area contributed by atoms with Gasteiger partial charge >= 0.3 is 0 Å². The van der Waals surface area contributed by atoms with Crippen molar-refractivity contribution in [1.29, 1.82) is 0 Å². The van der Waals surface area contributed by atoms with Gasteiger partial charge in [-0.2, -0.15) is 5.10 Å². The Labute approximate surface area is 122 Å². The fourth-order valence-electron chi connectivity index (χ4n) is 2.49. The number of sulfonamides is 1. The Kier molecular flexibility index (Phi) is 3.02. The van der Waals surface area contributed by atoms with E-state index in [2.05, 4.69) is 14.9 Å². The minimum Gasteiger partial charge on any atom is -0.351 e. The number of nitrogens with one attached hydrogen (secondary N) is 2. The molecule has 2 N–H and O–H groups in total. The van der Waals surface area contributed by atoms with Gasteiger partial charge in [-0.25, -0.2) is 8.42 Å². The molecule has 0 radical (unpaired) electrons. The molecular formula is C14H16N4O2S. The number of aromatic amines is 1. The standard InChI is InChI=1S/C14H16N4O2S/c1-9-14(10(2)16-15-9)21(19,20)17-12-4-5-13-11(8-12)6-7-18(13)3/h4-8,17H,1-3H3,(H,15,16). The fourth-order valence-corrected chi connectivity index (χ4v) is 3.91. The Hall–Kier alpha value is -2.28. The highest BCUT2D eigenvalue weighted by molar-refractivity contribution is 7.92. The fraction of sp³-hybridized carbons (Fsp3) is 0.214. The third kappa shape index (κ3) is 2.29. The van der Waals surface area contributed by atoms with Crippen molar-refractivity contribution in [2.75, 3.05) is 4.72 Å². The summed E-state index contributed by atoms with van der Waals surface area (Å²) in [6, 6.07) is 7.41. The zero-order valence-electron chi connectivity index (χ0n) is 12.0. The monoisotopic (exact) mass is 304 g/mol. The number of hydrogen-bond donors (Lipinski definition) is 2. The molecule has 7 heteroatoms. The lowest BCUT2D eigenvalue weighted by Gasteiger charge is -2.08. The minimum absolute atomic E-state index is 0.204. The molecule has 3 rings (SSSR count). The normalized spacial score (nSPS) is 12.0. The Morgan fingerprint density at radius 1 is 1.24 bits per heavy atom. The summed E-state index contributed by atoms with van der Waals surface area (Å²) < 4.78 is 29.5. The van der Waals surface area contributed by atoms with E-state index in [4.69, 9.17) is 0 Å². The molecule has 2 aromatic heterocycles. The van der Waals surface area contributed by atoms with Crippen LogP contribution in [-0.4, -0.2) is 23.2 Å². The van der Waals surface area contributed by atoms with Crippen LogP contribution in [0.4, 0.5) is 5.69 Å². The van der Waals surface area contributed by atoms with Gasteiger partial charge in [0.1, 0.15) is 4.90 Å². The third-order valence-corrected chi connectivity index (χ3v) is 5.11. The van der Waals surface area contributed by atoms with Crippen molar-refractivity contribution >= 4 is 26.6 Å². The summed E-state index contributed by atoms with van der Waals surface area (Å²) in [4.78, 5) is 0.204. The van der Waals surface area contributed by atoms with Crippen molar-refractivity contribution in [3.63, 3.8) is 0 Å². The van der Waals surface area contributed by atoms with E-state index >= 15 is 0 Å². The topological polar surface area (TPSA) is 79.8 Å². The van der Waals surface area contributed by atoms with Crippen LogP contribution in [0.15, 0.2) is 35.4 Å². The van der Waals surface area contributed by atoms with Crippen LogP contribution in [-0.2, 0) is 17.1 Å². The number of fused-ring (bicyclic) bond motifs is 1. The first-order chi connectivity index (χ1) is 9.88. The van der Waals surface area contributed by atoms with Gasteiger partial charge in [0.25, 0.3) is 10.0 Å². The second kappa shape index (κ2) is 4.63. The van der Waals surface area contributed by atoms with E-state index in [-0.39, 0.29) is 4.90 Å². The Bertz CT molecular complexity index is 902. The Morgan fingerprint density at radius 3 is 2.67 bits per heavy atom. The van der Waals surface area contributed by atoms with E-state index in [0.717, 1.165) is 10.9 Å². The SMILES string of the molecule is Cc1n[nH]c(C)c1S(=O)(=O)Nc1ccc2c(ccn2C)c1. The van der Waals surface area contributed by atoms with Gasteiger partial charge in [0.15, 0.2) is 0 Å². The zero-order valence-corrected chi connectivity index (χ0v) is 12.8. The van der Waals surface area contributed by atoms with Crippen molar-refractivity contribution < 1.29 is 8.42 Å². The summed E-state index contributed by atoms with van der Waals surface area (Å²) in [6.45, 7) is 3.35. The molecule has 0 unspecified atom stereocenters. The maximum Gasteiger partial charge on any atom is 0.265 e. The lowest BCUT2D eigenvalue weighted by Crippen LogP contribution is -2.14. The van der Waals surface area contributed by atoms with Gasteiger partial charge in [-0.15, -0.1) is 0 Å². The van der Waals surface area contributed by atoms with Crippen LogP contribution in [0.3, 0.4) is 0 Å². The molecule has 0 saturated carbocycles. The molecular weight excluding hydrogens is 288 g/mol. The summed E-state index contributed by atoms with van der Waals surface area (Å²) in [6.07, 6.45) is 1.94. The van der Waals surface area contributed by atoms with Crippen molar-refractivity contribution in [3.05, 3.63) is 41.9 Å². The lowest BCUT2D eigenvalue weighted by molar-refractivity contribution is 0.600. The molecule has 0 saturated heterocycles. The van der Waals surface area contributed by atoms with E-state index in [1.165, 1.54) is 0 Å². The number of anilines is 1. The average molecular weight is 304 g/mol. The summed E-state index contributed by atoms with van der Waals surface area (Å²) in [5.41, 5.74) is 2.57. The number of aromatic nitrogens is 3. The number of H-pyrrole nitrogens is 1. The summed E-state index contributed by atoms with van der Waals surface area (Å²) in [7, 11) is -1.69. The van der Waals surface area contributed by atoms with Gasteiger partial charge in [0, 0.05) is 29.8 Å². The molecule has 0 aliphatic rings. The molecule has 3 aromatic rings. The van der Waals surface area contributed by atoms with E-state index < -0.39 is 10.0 Å². The van der Waals surface area contributed by atoms with Gasteiger partial charge in [-0.05, 0) is 38.1 Å². The molecule has 0 spiro atoms. The predicted molar refractivity (Wildman–Crippen MR) is 81.8 cm³/mol. The van der Waals surface area contributed by atoms with Crippen molar-refractivity contribution in [3.8, 4) is 0 Å². The van der Waals surface area contributed by atoms with E-state index in [1.54, 1.807) is 19.9 Å². The van der Waals surface area contributed by atoms with Crippen molar-refractivity contribution in [1.82, 2.24) is 14.8 Å². The Balaban J connectivity index is 2.01. The predicted octanol–water partition coefficient (Wildman–Crippen LogP) is 2.32. The second-order valence-electron chi connectivity index (χ2n) is 5.07. The molecule has 110 valence electrons. The smallest absolute Gasteiger partial charge is 0.265 e.